The second-order valence-corrected chi connectivity index (χ2v) is 12.3. The van der Waals surface area contributed by atoms with Gasteiger partial charge in [0.1, 0.15) is 11.5 Å². The fraction of sp³-hybridized carbons (Fsp3) is 0. The van der Waals surface area contributed by atoms with Crippen LogP contribution in [0.5, 0.6) is 0 Å². The molecule has 0 radical (unpaired) electrons. The normalized spacial score (nSPS) is 11.8. The lowest BCUT2D eigenvalue weighted by Crippen LogP contribution is -2.00. The van der Waals surface area contributed by atoms with Gasteiger partial charge in [0, 0.05) is 49.8 Å². The van der Waals surface area contributed by atoms with Gasteiger partial charge in [0.2, 0.25) is 0 Å². The van der Waals surface area contributed by atoms with Crippen LogP contribution in [0.15, 0.2) is 164 Å². The molecule has 0 unspecified atom stereocenters. The van der Waals surface area contributed by atoms with Crippen LogP contribution >= 0.6 is 0 Å². The monoisotopic (exact) mass is 612 g/mol. The Bertz CT molecular complexity index is 2840. The fourth-order valence-electron chi connectivity index (χ4n) is 7.36. The average molecular weight is 613 g/mol. The molecule has 0 fully saturated rings. The summed E-state index contributed by atoms with van der Waals surface area (Å²) >= 11 is 0. The van der Waals surface area contributed by atoms with Crippen LogP contribution in [0.2, 0.25) is 0 Å². The standard InChI is InChI=1S/C44H28N4/c1-2-12-28(13-3-1)30-24-31(34-18-10-19-36-35-16-6-8-20-39(35)47-43(34)36)26-32(25-30)38-21-11-23-41(46-38)48-40-22-9-7-17-37(40)42-33-15-5-4-14-29(33)27-45-44(42)48/h1-27,47H. The van der Waals surface area contributed by atoms with Gasteiger partial charge in [0.05, 0.1) is 16.7 Å². The van der Waals surface area contributed by atoms with E-state index in [2.05, 4.69) is 167 Å². The van der Waals surface area contributed by atoms with Crippen molar-refractivity contribution in [3.63, 3.8) is 0 Å². The third-order valence-corrected chi connectivity index (χ3v) is 9.56. The molecule has 4 heterocycles. The summed E-state index contributed by atoms with van der Waals surface area (Å²) in [5, 5.41) is 7.10. The van der Waals surface area contributed by atoms with Crippen molar-refractivity contribution in [1.29, 1.82) is 0 Å². The number of para-hydroxylation sites is 3. The maximum Gasteiger partial charge on any atom is 0.147 e. The Morgan fingerprint density at radius 1 is 0.500 bits per heavy atom. The molecular formula is C44H28N4. The molecule has 6 aromatic carbocycles. The van der Waals surface area contributed by atoms with Crippen LogP contribution < -0.4 is 0 Å². The van der Waals surface area contributed by atoms with Gasteiger partial charge in [-0.1, -0.05) is 115 Å². The van der Waals surface area contributed by atoms with Gasteiger partial charge in [-0.3, -0.25) is 4.57 Å². The van der Waals surface area contributed by atoms with E-state index in [9.17, 15) is 0 Å². The largest absolute Gasteiger partial charge is 0.354 e. The van der Waals surface area contributed by atoms with E-state index in [0.717, 1.165) is 66.7 Å². The number of rotatable bonds is 4. The van der Waals surface area contributed by atoms with E-state index in [0.29, 0.717) is 0 Å². The lowest BCUT2D eigenvalue weighted by atomic mass is 9.94. The minimum absolute atomic E-state index is 0.839. The van der Waals surface area contributed by atoms with Crippen LogP contribution in [0, 0.1) is 0 Å². The summed E-state index contributed by atoms with van der Waals surface area (Å²) < 4.78 is 2.20. The van der Waals surface area contributed by atoms with Gasteiger partial charge >= 0.3 is 0 Å². The highest BCUT2D eigenvalue weighted by atomic mass is 15.1. The molecular weight excluding hydrogens is 585 g/mol. The number of hydrogen-bond donors (Lipinski definition) is 1. The molecule has 0 bridgehead atoms. The summed E-state index contributed by atoms with van der Waals surface area (Å²) in [4.78, 5) is 14.1. The summed E-state index contributed by atoms with van der Waals surface area (Å²) in [7, 11) is 0. The number of aromatic amines is 1. The van der Waals surface area contributed by atoms with E-state index >= 15 is 0 Å². The van der Waals surface area contributed by atoms with Crippen molar-refractivity contribution >= 4 is 54.5 Å². The minimum Gasteiger partial charge on any atom is -0.354 e. The number of aromatic nitrogens is 4. The van der Waals surface area contributed by atoms with E-state index in [-0.39, 0.29) is 0 Å². The van der Waals surface area contributed by atoms with E-state index < -0.39 is 0 Å². The number of H-pyrrole nitrogens is 1. The fourth-order valence-corrected chi connectivity index (χ4v) is 7.36. The van der Waals surface area contributed by atoms with Crippen molar-refractivity contribution in [3.05, 3.63) is 164 Å². The SMILES string of the molecule is c1ccc(-c2cc(-c3cccc(-n4c5ccccc5c5c6ccccc6cnc54)n3)cc(-c3cccc4c3[nH]c3ccccc34)c2)cc1. The molecule has 224 valence electrons. The Balaban J connectivity index is 1.20. The molecule has 4 heteroatoms. The zero-order valence-electron chi connectivity index (χ0n) is 25.9. The van der Waals surface area contributed by atoms with Crippen molar-refractivity contribution in [3.8, 4) is 39.3 Å². The third-order valence-electron chi connectivity index (χ3n) is 9.56. The summed E-state index contributed by atoms with van der Waals surface area (Å²) in [6, 6.07) is 55.8. The van der Waals surface area contributed by atoms with Crippen LogP contribution in [0.3, 0.4) is 0 Å². The van der Waals surface area contributed by atoms with Gasteiger partial charge < -0.3 is 4.98 Å². The molecule has 10 aromatic rings. The number of hydrogen-bond acceptors (Lipinski definition) is 2. The first-order valence-electron chi connectivity index (χ1n) is 16.3. The Morgan fingerprint density at radius 2 is 1.21 bits per heavy atom. The Kier molecular flexibility index (Phi) is 5.84. The van der Waals surface area contributed by atoms with Gasteiger partial charge in [-0.15, -0.1) is 0 Å². The molecule has 0 saturated carbocycles. The molecule has 4 nitrogen and oxygen atoms in total. The first-order valence-corrected chi connectivity index (χ1v) is 16.3. The predicted molar refractivity (Wildman–Crippen MR) is 200 cm³/mol. The smallest absolute Gasteiger partial charge is 0.147 e. The Morgan fingerprint density at radius 3 is 2.12 bits per heavy atom. The summed E-state index contributed by atoms with van der Waals surface area (Å²) in [6.07, 6.45) is 1.97. The number of pyridine rings is 2. The summed E-state index contributed by atoms with van der Waals surface area (Å²) in [5.41, 5.74) is 10.9. The summed E-state index contributed by atoms with van der Waals surface area (Å²) in [6.45, 7) is 0. The van der Waals surface area contributed by atoms with E-state index in [1.54, 1.807) is 0 Å². The van der Waals surface area contributed by atoms with Crippen LogP contribution in [-0.4, -0.2) is 19.5 Å². The zero-order valence-corrected chi connectivity index (χ0v) is 25.9. The Labute approximate surface area is 276 Å². The van der Waals surface area contributed by atoms with Gasteiger partial charge in [0.15, 0.2) is 0 Å². The second-order valence-electron chi connectivity index (χ2n) is 12.3. The molecule has 1 N–H and O–H groups in total. The van der Waals surface area contributed by atoms with Crippen LogP contribution in [0.1, 0.15) is 0 Å². The number of nitrogens with one attached hydrogen (secondary N) is 1. The highest BCUT2D eigenvalue weighted by Crippen LogP contribution is 2.39. The van der Waals surface area contributed by atoms with Gasteiger partial charge in [-0.2, -0.15) is 0 Å². The van der Waals surface area contributed by atoms with Crippen molar-refractivity contribution < 1.29 is 0 Å². The molecule has 0 atom stereocenters. The lowest BCUT2D eigenvalue weighted by molar-refractivity contribution is 1.06. The number of benzene rings is 6. The van der Waals surface area contributed by atoms with Crippen LogP contribution in [-0.2, 0) is 0 Å². The van der Waals surface area contributed by atoms with Gasteiger partial charge in [-0.25, -0.2) is 9.97 Å². The average Bonchev–Trinajstić information content (AvgIpc) is 3.71. The van der Waals surface area contributed by atoms with Crippen LogP contribution in [0.4, 0.5) is 0 Å². The van der Waals surface area contributed by atoms with Crippen molar-refractivity contribution in [2.75, 3.05) is 0 Å². The van der Waals surface area contributed by atoms with Gasteiger partial charge in [-0.05, 0) is 64.5 Å². The minimum atomic E-state index is 0.839. The molecule has 10 rings (SSSR count). The van der Waals surface area contributed by atoms with Crippen molar-refractivity contribution in [2.24, 2.45) is 0 Å². The first-order chi connectivity index (χ1) is 23.8. The predicted octanol–water partition coefficient (Wildman–Crippen LogP) is 11.4. The van der Waals surface area contributed by atoms with E-state index in [4.69, 9.17) is 9.97 Å². The molecule has 0 saturated heterocycles. The number of nitrogens with zero attached hydrogens (tertiary/aromatic N) is 3. The quantitative estimate of drug-likeness (QED) is 0.215. The molecule has 0 aliphatic heterocycles. The van der Waals surface area contributed by atoms with E-state index in [1.165, 1.54) is 27.1 Å². The molecule has 0 aliphatic rings. The lowest BCUT2D eigenvalue weighted by Gasteiger charge is -2.13. The highest BCUT2D eigenvalue weighted by molar-refractivity contribution is 6.20. The molecule has 48 heavy (non-hydrogen) atoms. The van der Waals surface area contributed by atoms with Crippen LogP contribution in [0.25, 0.3) is 93.8 Å². The molecule has 4 aromatic heterocycles. The molecule has 0 aliphatic carbocycles. The highest BCUT2D eigenvalue weighted by Gasteiger charge is 2.18. The molecule has 0 spiro atoms. The molecule has 0 amide bonds. The van der Waals surface area contributed by atoms with Gasteiger partial charge in [0.25, 0.3) is 0 Å². The Hall–Kier alpha value is -6.52. The van der Waals surface area contributed by atoms with Crippen molar-refractivity contribution in [1.82, 2.24) is 19.5 Å². The maximum atomic E-state index is 5.35. The maximum absolute atomic E-state index is 5.35. The summed E-state index contributed by atoms with van der Waals surface area (Å²) in [5.74, 6) is 0.839. The topological polar surface area (TPSA) is 46.5 Å². The third kappa shape index (κ3) is 4.10. The number of fused-ring (bicyclic) bond motifs is 8. The van der Waals surface area contributed by atoms with Crippen molar-refractivity contribution in [2.45, 2.75) is 0 Å². The van der Waals surface area contributed by atoms with E-state index in [1.807, 2.05) is 6.20 Å². The zero-order chi connectivity index (χ0) is 31.6. The first kappa shape index (κ1) is 26.7. The second kappa shape index (κ2) is 10.5.